The molecule has 1 aromatic rings. The fourth-order valence-electron chi connectivity index (χ4n) is 1.89. The minimum Gasteiger partial charge on any atom is -0.365 e. The number of ketones is 1. The summed E-state index contributed by atoms with van der Waals surface area (Å²) in [6.45, 7) is 1.81. The van der Waals surface area contributed by atoms with Crippen LogP contribution in [0.2, 0.25) is 0 Å². The van der Waals surface area contributed by atoms with E-state index in [9.17, 15) is 4.79 Å². The molecule has 1 aliphatic carbocycles. The number of methoxy groups -OCH3 is 1. The molecule has 2 rings (SSSR count). The van der Waals surface area contributed by atoms with E-state index in [1.54, 1.807) is 19.3 Å². The molecule has 0 aliphatic heterocycles. The van der Waals surface area contributed by atoms with Crippen LogP contribution >= 0.6 is 0 Å². The van der Waals surface area contributed by atoms with Crippen LogP contribution in [-0.4, -0.2) is 12.9 Å². The zero-order valence-corrected chi connectivity index (χ0v) is 9.44. The number of carbonyl (C=O) groups excluding carboxylic acids is 1. The Balaban J connectivity index is 2.50. The van der Waals surface area contributed by atoms with Crippen LogP contribution in [0.25, 0.3) is 0 Å². The highest BCUT2D eigenvalue weighted by Gasteiger charge is 2.30. The average Bonchev–Trinajstić information content (AvgIpc) is 2.34. The van der Waals surface area contributed by atoms with Crippen molar-refractivity contribution in [2.24, 2.45) is 0 Å². The van der Waals surface area contributed by atoms with Gasteiger partial charge in [-0.2, -0.15) is 0 Å². The topological polar surface area (TPSA) is 26.3 Å². The number of hydrogen-bond donors (Lipinski definition) is 0. The lowest BCUT2D eigenvalue weighted by atomic mass is 9.86. The molecule has 0 fully saturated rings. The van der Waals surface area contributed by atoms with Gasteiger partial charge >= 0.3 is 0 Å². The standard InChI is InChI=1S/C14H14O2/c1-11-10-14(16-2,9-8-13(11)15)12-6-4-3-5-7-12/h3-10H,1-2H3. The number of hydrogen-bond acceptors (Lipinski definition) is 2. The molecule has 0 aromatic heterocycles. The number of ether oxygens (including phenoxy) is 1. The van der Waals surface area contributed by atoms with E-state index < -0.39 is 5.60 Å². The Morgan fingerprint density at radius 3 is 2.44 bits per heavy atom. The fraction of sp³-hybridized carbons (Fsp3) is 0.214. The molecule has 0 radical (unpaired) electrons. The average molecular weight is 214 g/mol. The molecule has 1 aromatic carbocycles. The molecule has 0 saturated heterocycles. The predicted molar refractivity (Wildman–Crippen MR) is 63.0 cm³/mol. The number of allylic oxidation sites excluding steroid dienone is 2. The largest absolute Gasteiger partial charge is 0.365 e. The maximum Gasteiger partial charge on any atom is 0.181 e. The third kappa shape index (κ3) is 1.72. The van der Waals surface area contributed by atoms with Gasteiger partial charge in [-0.1, -0.05) is 30.3 Å². The number of carbonyl (C=O) groups is 1. The highest BCUT2D eigenvalue weighted by Crippen LogP contribution is 2.32. The van der Waals surface area contributed by atoms with Crippen molar-refractivity contribution in [2.45, 2.75) is 12.5 Å². The van der Waals surface area contributed by atoms with Gasteiger partial charge in [-0.15, -0.1) is 0 Å². The molecule has 1 unspecified atom stereocenters. The summed E-state index contributed by atoms with van der Waals surface area (Å²) in [5.74, 6) is 0.0450. The molecule has 2 heteroatoms. The van der Waals surface area contributed by atoms with Gasteiger partial charge in [-0.3, -0.25) is 4.79 Å². The molecule has 0 spiro atoms. The Morgan fingerprint density at radius 1 is 1.19 bits per heavy atom. The van der Waals surface area contributed by atoms with Crippen molar-refractivity contribution >= 4 is 5.78 Å². The maximum absolute atomic E-state index is 11.4. The summed E-state index contributed by atoms with van der Waals surface area (Å²) in [4.78, 5) is 11.4. The fourth-order valence-corrected chi connectivity index (χ4v) is 1.89. The Morgan fingerprint density at radius 2 is 1.88 bits per heavy atom. The van der Waals surface area contributed by atoms with E-state index >= 15 is 0 Å². The molecule has 0 bridgehead atoms. The molecule has 0 amide bonds. The minimum absolute atomic E-state index is 0.0450. The Hall–Kier alpha value is -1.67. The predicted octanol–water partition coefficient (Wildman–Crippen LogP) is 2.61. The third-order valence-electron chi connectivity index (χ3n) is 2.86. The van der Waals surface area contributed by atoms with Gasteiger partial charge in [0.1, 0.15) is 5.60 Å². The second kappa shape index (κ2) is 4.06. The van der Waals surface area contributed by atoms with Crippen LogP contribution in [0.15, 0.2) is 54.1 Å². The summed E-state index contributed by atoms with van der Waals surface area (Å²) < 4.78 is 5.57. The molecule has 0 N–H and O–H groups in total. The highest BCUT2D eigenvalue weighted by atomic mass is 16.5. The van der Waals surface area contributed by atoms with Gasteiger partial charge in [0.05, 0.1) is 0 Å². The summed E-state index contributed by atoms with van der Waals surface area (Å²) in [7, 11) is 1.65. The summed E-state index contributed by atoms with van der Waals surface area (Å²) >= 11 is 0. The summed E-state index contributed by atoms with van der Waals surface area (Å²) in [6.07, 6.45) is 5.24. The van der Waals surface area contributed by atoms with E-state index in [2.05, 4.69) is 0 Å². The zero-order chi connectivity index (χ0) is 11.6. The molecule has 2 nitrogen and oxygen atoms in total. The molecular weight excluding hydrogens is 200 g/mol. The summed E-state index contributed by atoms with van der Waals surface area (Å²) in [6, 6.07) is 9.87. The van der Waals surface area contributed by atoms with E-state index in [0.29, 0.717) is 5.57 Å². The van der Waals surface area contributed by atoms with Gasteiger partial charge in [0.15, 0.2) is 5.78 Å². The van der Waals surface area contributed by atoms with Crippen molar-refractivity contribution in [1.29, 1.82) is 0 Å². The van der Waals surface area contributed by atoms with Crippen molar-refractivity contribution in [3.63, 3.8) is 0 Å². The monoisotopic (exact) mass is 214 g/mol. The number of rotatable bonds is 2. The summed E-state index contributed by atoms with van der Waals surface area (Å²) in [5, 5.41) is 0. The smallest absolute Gasteiger partial charge is 0.181 e. The van der Waals surface area contributed by atoms with Crippen LogP contribution in [-0.2, 0) is 15.1 Å². The van der Waals surface area contributed by atoms with E-state index in [4.69, 9.17) is 4.74 Å². The van der Waals surface area contributed by atoms with Crippen LogP contribution in [0.1, 0.15) is 12.5 Å². The lowest BCUT2D eigenvalue weighted by molar-refractivity contribution is -0.111. The van der Waals surface area contributed by atoms with Gasteiger partial charge in [0.25, 0.3) is 0 Å². The van der Waals surface area contributed by atoms with Crippen LogP contribution < -0.4 is 0 Å². The Kier molecular flexibility index (Phi) is 2.75. The van der Waals surface area contributed by atoms with Gasteiger partial charge in [-0.25, -0.2) is 0 Å². The number of benzene rings is 1. The van der Waals surface area contributed by atoms with Gasteiger partial charge < -0.3 is 4.74 Å². The van der Waals surface area contributed by atoms with E-state index in [0.717, 1.165) is 5.56 Å². The molecule has 0 saturated carbocycles. The second-order valence-corrected chi connectivity index (χ2v) is 3.89. The molecule has 16 heavy (non-hydrogen) atoms. The first-order valence-corrected chi connectivity index (χ1v) is 5.22. The van der Waals surface area contributed by atoms with Gasteiger partial charge in [-0.05, 0) is 36.3 Å². The first-order valence-electron chi connectivity index (χ1n) is 5.22. The molecular formula is C14H14O2. The lowest BCUT2D eigenvalue weighted by Gasteiger charge is -2.29. The van der Waals surface area contributed by atoms with Crippen LogP contribution in [0.3, 0.4) is 0 Å². The van der Waals surface area contributed by atoms with Crippen molar-refractivity contribution in [3.05, 3.63) is 59.7 Å². The van der Waals surface area contributed by atoms with Crippen molar-refractivity contribution in [3.8, 4) is 0 Å². The van der Waals surface area contributed by atoms with E-state index in [1.165, 1.54) is 0 Å². The normalized spacial score (nSPS) is 24.4. The highest BCUT2D eigenvalue weighted by molar-refractivity contribution is 6.04. The minimum atomic E-state index is -0.598. The molecule has 1 atom stereocenters. The molecule has 1 aliphatic rings. The Labute approximate surface area is 95.2 Å². The molecule has 82 valence electrons. The van der Waals surface area contributed by atoms with Crippen LogP contribution in [0.4, 0.5) is 0 Å². The quantitative estimate of drug-likeness (QED) is 0.756. The molecule has 0 heterocycles. The second-order valence-electron chi connectivity index (χ2n) is 3.89. The first-order chi connectivity index (χ1) is 7.68. The van der Waals surface area contributed by atoms with E-state index in [-0.39, 0.29) is 5.78 Å². The zero-order valence-electron chi connectivity index (χ0n) is 9.44. The van der Waals surface area contributed by atoms with Crippen molar-refractivity contribution in [1.82, 2.24) is 0 Å². The maximum atomic E-state index is 11.4. The third-order valence-corrected chi connectivity index (χ3v) is 2.86. The van der Waals surface area contributed by atoms with Crippen LogP contribution in [0, 0.1) is 0 Å². The lowest BCUT2D eigenvalue weighted by Crippen LogP contribution is -2.27. The van der Waals surface area contributed by atoms with Gasteiger partial charge in [0.2, 0.25) is 0 Å². The summed E-state index contributed by atoms with van der Waals surface area (Å²) in [5.41, 5.74) is 1.15. The van der Waals surface area contributed by atoms with Crippen LogP contribution in [0.5, 0.6) is 0 Å². The van der Waals surface area contributed by atoms with Crippen molar-refractivity contribution < 1.29 is 9.53 Å². The first kappa shape index (κ1) is 10.8. The van der Waals surface area contributed by atoms with E-state index in [1.807, 2.05) is 43.3 Å². The van der Waals surface area contributed by atoms with Crippen molar-refractivity contribution in [2.75, 3.05) is 7.11 Å². The Bertz CT molecular complexity index is 457. The van der Waals surface area contributed by atoms with Gasteiger partial charge in [0, 0.05) is 7.11 Å². The SMILES string of the molecule is COC1(c2ccccc2)C=CC(=O)C(C)=C1.